The van der Waals surface area contributed by atoms with E-state index >= 15 is 0 Å². The van der Waals surface area contributed by atoms with Crippen LogP contribution in [0.5, 0.6) is 0 Å². The number of imidazole rings is 1. The Morgan fingerprint density at radius 3 is 2.81 bits per heavy atom. The number of piperidine rings is 1. The predicted octanol–water partition coefficient (Wildman–Crippen LogP) is 3.56. The molecule has 1 atom stereocenters. The molecule has 1 saturated heterocycles. The molecule has 0 aliphatic carbocycles. The fourth-order valence-corrected chi connectivity index (χ4v) is 3.91. The standard InChI is InChI=1S/C21H26N6/c1-16(2)20-25-10-12-27(20)21-19(23-8-9-24-21)18-6-4-11-26(15-18)14-17-5-3-7-22-13-17/h3,5,7-10,12-13,16,18H,4,6,11,14-15H2,1-2H3/t18-/m1/s1. The monoisotopic (exact) mass is 362 g/mol. The third kappa shape index (κ3) is 3.90. The van der Waals surface area contributed by atoms with Crippen LogP contribution in [0.2, 0.25) is 0 Å². The Morgan fingerprint density at radius 1 is 1.11 bits per heavy atom. The highest BCUT2D eigenvalue weighted by molar-refractivity contribution is 5.33. The van der Waals surface area contributed by atoms with Crippen LogP contribution in [0.3, 0.4) is 0 Å². The summed E-state index contributed by atoms with van der Waals surface area (Å²) in [4.78, 5) is 20.7. The summed E-state index contributed by atoms with van der Waals surface area (Å²) in [7, 11) is 0. The minimum Gasteiger partial charge on any atom is -0.298 e. The zero-order valence-corrected chi connectivity index (χ0v) is 16.0. The van der Waals surface area contributed by atoms with Crippen LogP contribution < -0.4 is 0 Å². The summed E-state index contributed by atoms with van der Waals surface area (Å²) in [6.07, 6.45) is 13.5. The highest BCUT2D eigenvalue weighted by Gasteiger charge is 2.26. The molecule has 0 aromatic carbocycles. The molecule has 4 heterocycles. The Hall–Kier alpha value is -2.60. The van der Waals surface area contributed by atoms with Gasteiger partial charge in [-0.1, -0.05) is 19.9 Å². The minimum absolute atomic E-state index is 0.336. The molecule has 6 heteroatoms. The van der Waals surface area contributed by atoms with Crippen LogP contribution in [-0.2, 0) is 6.54 Å². The van der Waals surface area contributed by atoms with Crippen LogP contribution in [0, 0.1) is 0 Å². The lowest BCUT2D eigenvalue weighted by molar-refractivity contribution is 0.198. The molecule has 140 valence electrons. The zero-order chi connectivity index (χ0) is 18.6. The molecule has 0 unspecified atom stereocenters. The van der Waals surface area contributed by atoms with Gasteiger partial charge < -0.3 is 0 Å². The van der Waals surface area contributed by atoms with Gasteiger partial charge in [-0.3, -0.25) is 19.4 Å². The SMILES string of the molecule is CC(C)c1nccn1-c1nccnc1[C@@H]1CCCN(Cc2cccnc2)C1. The molecule has 0 saturated carbocycles. The first-order valence-electron chi connectivity index (χ1n) is 9.68. The highest BCUT2D eigenvalue weighted by Crippen LogP contribution is 2.30. The Bertz CT molecular complexity index is 873. The quantitative estimate of drug-likeness (QED) is 0.694. The summed E-state index contributed by atoms with van der Waals surface area (Å²) in [6, 6.07) is 4.15. The maximum atomic E-state index is 4.75. The summed E-state index contributed by atoms with van der Waals surface area (Å²) < 4.78 is 2.10. The zero-order valence-electron chi connectivity index (χ0n) is 16.0. The summed E-state index contributed by atoms with van der Waals surface area (Å²) in [5.41, 5.74) is 2.34. The summed E-state index contributed by atoms with van der Waals surface area (Å²) >= 11 is 0. The first-order chi connectivity index (χ1) is 13.2. The van der Waals surface area contributed by atoms with Gasteiger partial charge in [0.25, 0.3) is 0 Å². The molecule has 4 rings (SSSR count). The summed E-state index contributed by atoms with van der Waals surface area (Å²) in [6.45, 7) is 7.36. The second-order valence-electron chi connectivity index (χ2n) is 7.51. The molecule has 0 N–H and O–H groups in total. The van der Waals surface area contributed by atoms with Crippen molar-refractivity contribution in [1.29, 1.82) is 0 Å². The Kier molecular flexibility index (Phi) is 5.25. The van der Waals surface area contributed by atoms with Gasteiger partial charge in [-0.2, -0.15) is 0 Å². The lowest BCUT2D eigenvalue weighted by Crippen LogP contribution is -2.34. The second kappa shape index (κ2) is 7.96. The molecular formula is C21H26N6. The van der Waals surface area contributed by atoms with E-state index in [0.29, 0.717) is 11.8 Å². The predicted molar refractivity (Wildman–Crippen MR) is 105 cm³/mol. The average molecular weight is 362 g/mol. The summed E-state index contributed by atoms with van der Waals surface area (Å²) in [5, 5.41) is 0. The number of aromatic nitrogens is 5. The Balaban J connectivity index is 1.59. The highest BCUT2D eigenvalue weighted by atomic mass is 15.2. The van der Waals surface area contributed by atoms with Gasteiger partial charge in [0.15, 0.2) is 5.82 Å². The Morgan fingerprint density at radius 2 is 2.00 bits per heavy atom. The number of hydrogen-bond donors (Lipinski definition) is 0. The van der Waals surface area contributed by atoms with Crippen LogP contribution in [-0.4, -0.2) is 42.5 Å². The van der Waals surface area contributed by atoms with E-state index in [1.54, 1.807) is 6.20 Å². The lowest BCUT2D eigenvalue weighted by Gasteiger charge is -2.33. The normalized spacial score (nSPS) is 18.1. The van der Waals surface area contributed by atoms with E-state index in [4.69, 9.17) is 4.98 Å². The van der Waals surface area contributed by atoms with Crippen LogP contribution in [0.15, 0.2) is 49.3 Å². The van der Waals surface area contributed by atoms with Crippen molar-refractivity contribution >= 4 is 0 Å². The first-order valence-corrected chi connectivity index (χ1v) is 9.68. The summed E-state index contributed by atoms with van der Waals surface area (Å²) in [5.74, 6) is 2.66. The molecule has 3 aromatic rings. The number of likely N-dealkylation sites (tertiary alicyclic amines) is 1. The van der Waals surface area contributed by atoms with E-state index in [2.05, 4.69) is 44.3 Å². The molecule has 1 aliphatic rings. The van der Waals surface area contributed by atoms with Gasteiger partial charge >= 0.3 is 0 Å². The fourth-order valence-electron chi connectivity index (χ4n) is 3.91. The fraction of sp³-hybridized carbons (Fsp3) is 0.429. The van der Waals surface area contributed by atoms with E-state index in [1.807, 2.05) is 37.1 Å². The van der Waals surface area contributed by atoms with Crippen LogP contribution >= 0.6 is 0 Å². The number of rotatable bonds is 5. The van der Waals surface area contributed by atoms with Crippen molar-refractivity contribution in [2.45, 2.75) is 45.1 Å². The third-order valence-corrected chi connectivity index (χ3v) is 5.14. The van der Waals surface area contributed by atoms with Crippen LogP contribution in [0.1, 0.15) is 55.6 Å². The molecule has 3 aromatic heterocycles. The molecular weight excluding hydrogens is 336 g/mol. The maximum absolute atomic E-state index is 4.75. The van der Waals surface area contributed by atoms with Crippen molar-refractivity contribution in [3.8, 4) is 5.82 Å². The average Bonchev–Trinajstić information content (AvgIpc) is 3.19. The van der Waals surface area contributed by atoms with Gasteiger partial charge in [-0.25, -0.2) is 9.97 Å². The van der Waals surface area contributed by atoms with Crippen molar-refractivity contribution in [3.63, 3.8) is 0 Å². The molecule has 6 nitrogen and oxygen atoms in total. The van der Waals surface area contributed by atoms with Crippen molar-refractivity contribution in [2.75, 3.05) is 13.1 Å². The number of nitrogens with zero attached hydrogens (tertiary/aromatic N) is 6. The third-order valence-electron chi connectivity index (χ3n) is 5.14. The lowest BCUT2D eigenvalue weighted by atomic mass is 9.94. The number of pyridine rings is 1. The van der Waals surface area contributed by atoms with Crippen molar-refractivity contribution in [3.05, 3.63) is 66.4 Å². The van der Waals surface area contributed by atoms with E-state index < -0.39 is 0 Å². The van der Waals surface area contributed by atoms with E-state index in [9.17, 15) is 0 Å². The smallest absolute Gasteiger partial charge is 0.160 e. The van der Waals surface area contributed by atoms with Gasteiger partial charge in [0.05, 0.1) is 5.69 Å². The first kappa shape index (κ1) is 17.8. The van der Waals surface area contributed by atoms with Gasteiger partial charge in [0.1, 0.15) is 5.82 Å². The van der Waals surface area contributed by atoms with E-state index in [1.165, 1.54) is 12.0 Å². The molecule has 0 spiro atoms. The van der Waals surface area contributed by atoms with Crippen molar-refractivity contribution in [1.82, 2.24) is 29.4 Å². The van der Waals surface area contributed by atoms with Crippen LogP contribution in [0.25, 0.3) is 5.82 Å². The van der Waals surface area contributed by atoms with Crippen molar-refractivity contribution < 1.29 is 0 Å². The van der Waals surface area contributed by atoms with Crippen LogP contribution in [0.4, 0.5) is 0 Å². The van der Waals surface area contributed by atoms with Crippen molar-refractivity contribution in [2.24, 2.45) is 0 Å². The minimum atomic E-state index is 0.336. The van der Waals surface area contributed by atoms with Gasteiger partial charge in [0.2, 0.25) is 0 Å². The molecule has 0 bridgehead atoms. The topological polar surface area (TPSA) is 59.7 Å². The molecule has 1 aliphatic heterocycles. The van der Waals surface area contributed by atoms with Gasteiger partial charge in [0, 0.05) is 62.1 Å². The van der Waals surface area contributed by atoms with Gasteiger partial charge in [-0.15, -0.1) is 0 Å². The Labute approximate surface area is 160 Å². The van der Waals surface area contributed by atoms with Gasteiger partial charge in [-0.05, 0) is 31.0 Å². The largest absolute Gasteiger partial charge is 0.298 e. The maximum Gasteiger partial charge on any atom is 0.160 e. The molecule has 0 radical (unpaired) electrons. The number of hydrogen-bond acceptors (Lipinski definition) is 5. The molecule has 27 heavy (non-hydrogen) atoms. The van der Waals surface area contributed by atoms with E-state index in [-0.39, 0.29) is 0 Å². The second-order valence-corrected chi connectivity index (χ2v) is 7.51. The molecule has 1 fully saturated rings. The molecule has 0 amide bonds. The van der Waals surface area contributed by atoms with E-state index in [0.717, 1.165) is 43.4 Å².